The number of carbonyl (C=O) groups is 1. The molecule has 35 heavy (non-hydrogen) atoms. The van der Waals surface area contributed by atoms with Gasteiger partial charge in [0.1, 0.15) is 5.82 Å². The van der Waals surface area contributed by atoms with E-state index in [-0.39, 0.29) is 12.1 Å². The fraction of sp³-hybridized carbons (Fsp3) is 0.385. The fourth-order valence-corrected chi connectivity index (χ4v) is 5.43. The SMILES string of the molecule is CC1CN(c2ccc3c(n2)N(C(=O)Nc2cnccn2)C2CCN3C2)CCN1Cc1ccccc1. The predicted molar refractivity (Wildman–Crippen MR) is 137 cm³/mol. The van der Waals surface area contributed by atoms with Gasteiger partial charge in [0.2, 0.25) is 0 Å². The second-order valence-electron chi connectivity index (χ2n) is 9.54. The van der Waals surface area contributed by atoms with Crippen molar-refractivity contribution in [3.8, 4) is 0 Å². The molecule has 180 valence electrons. The van der Waals surface area contributed by atoms with Gasteiger partial charge in [0.25, 0.3) is 0 Å². The molecular weight excluding hydrogens is 440 g/mol. The number of nitrogens with zero attached hydrogens (tertiary/aromatic N) is 7. The molecule has 0 radical (unpaired) electrons. The summed E-state index contributed by atoms with van der Waals surface area (Å²) in [5, 5.41) is 2.90. The summed E-state index contributed by atoms with van der Waals surface area (Å²) in [6.45, 7) is 7.78. The van der Waals surface area contributed by atoms with E-state index in [0.717, 1.165) is 63.0 Å². The highest BCUT2D eigenvalue weighted by atomic mass is 16.2. The van der Waals surface area contributed by atoms with Crippen LogP contribution in [0.2, 0.25) is 0 Å². The maximum atomic E-state index is 13.3. The molecule has 9 nitrogen and oxygen atoms in total. The topological polar surface area (TPSA) is 80.7 Å². The number of fused-ring (bicyclic) bond motifs is 4. The Hall–Kier alpha value is -3.72. The number of benzene rings is 1. The number of aromatic nitrogens is 3. The van der Waals surface area contributed by atoms with E-state index in [1.807, 2.05) is 4.90 Å². The van der Waals surface area contributed by atoms with E-state index in [1.165, 1.54) is 5.56 Å². The van der Waals surface area contributed by atoms with Crippen LogP contribution in [0, 0.1) is 0 Å². The first-order valence-corrected chi connectivity index (χ1v) is 12.3. The normalized spacial score (nSPS) is 21.7. The van der Waals surface area contributed by atoms with Gasteiger partial charge in [-0.05, 0) is 31.0 Å². The van der Waals surface area contributed by atoms with Crippen LogP contribution in [0.1, 0.15) is 18.9 Å². The summed E-state index contributed by atoms with van der Waals surface area (Å²) in [6, 6.07) is 15.2. The highest BCUT2D eigenvalue weighted by Crippen LogP contribution is 2.40. The number of amides is 2. The van der Waals surface area contributed by atoms with Gasteiger partial charge in [0, 0.05) is 57.7 Å². The Kier molecular flexibility index (Phi) is 5.69. The van der Waals surface area contributed by atoms with Gasteiger partial charge < -0.3 is 9.80 Å². The quantitative estimate of drug-likeness (QED) is 0.627. The zero-order valence-corrected chi connectivity index (χ0v) is 19.9. The number of anilines is 4. The first-order chi connectivity index (χ1) is 17.2. The minimum atomic E-state index is -0.205. The summed E-state index contributed by atoms with van der Waals surface area (Å²) in [7, 11) is 0. The van der Waals surface area contributed by atoms with Gasteiger partial charge >= 0.3 is 6.03 Å². The number of rotatable bonds is 4. The molecule has 6 rings (SSSR count). The molecule has 2 aromatic heterocycles. The van der Waals surface area contributed by atoms with Crippen LogP contribution >= 0.6 is 0 Å². The Morgan fingerprint density at radius 1 is 1.03 bits per heavy atom. The van der Waals surface area contributed by atoms with Crippen LogP contribution in [0.15, 0.2) is 61.1 Å². The van der Waals surface area contributed by atoms with Crippen molar-refractivity contribution in [1.82, 2.24) is 19.9 Å². The third-order valence-corrected chi connectivity index (χ3v) is 7.27. The summed E-state index contributed by atoms with van der Waals surface area (Å²) in [4.78, 5) is 35.7. The molecule has 2 amide bonds. The van der Waals surface area contributed by atoms with Crippen LogP contribution in [-0.4, -0.2) is 70.7 Å². The summed E-state index contributed by atoms with van der Waals surface area (Å²) in [6.07, 6.45) is 5.65. The molecule has 3 aliphatic rings. The number of hydrogen-bond acceptors (Lipinski definition) is 7. The molecule has 0 spiro atoms. The largest absolute Gasteiger partial charge is 0.366 e. The fourth-order valence-electron chi connectivity index (χ4n) is 5.43. The van der Waals surface area contributed by atoms with Gasteiger partial charge in [-0.1, -0.05) is 30.3 Å². The van der Waals surface area contributed by atoms with Crippen LogP contribution in [0.5, 0.6) is 0 Å². The number of carbonyl (C=O) groups excluding carboxylic acids is 1. The van der Waals surface area contributed by atoms with E-state index in [9.17, 15) is 4.79 Å². The molecular formula is C26H30N8O. The molecule has 2 atom stereocenters. The van der Waals surface area contributed by atoms with Gasteiger partial charge in [-0.2, -0.15) is 0 Å². The number of urea groups is 1. The summed E-state index contributed by atoms with van der Waals surface area (Å²) < 4.78 is 0. The highest BCUT2D eigenvalue weighted by molar-refractivity contribution is 6.04. The Morgan fingerprint density at radius 3 is 2.71 bits per heavy atom. The van der Waals surface area contributed by atoms with Gasteiger partial charge in [-0.15, -0.1) is 0 Å². The Morgan fingerprint density at radius 2 is 1.91 bits per heavy atom. The molecule has 0 saturated carbocycles. The smallest absolute Gasteiger partial charge is 0.329 e. The second kappa shape index (κ2) is 9.14. The molecule has 1 N–H and O–H groups in total. The molecule has 2 fully saturated rings. The van der Waals surface area contributed by atoms with Crippen LogP contribution < -0.4 is 20.0 Å². The van der Waals surface area contributed by atoms with E-state index in [0.29, 0.717) is 11.9 Å². The third kappa shape index (κ3) is 4.27. The molecule has 9 heteroatoms. The van der Waals surface area contributed by atoms with Gasteiger partial charge in [-0.25, -0.2) is 14.8 Å². The van der Waals surface area contributed by atoms with Crippen LogP contribution in [0.3, 0.4) is 0 Å². The molecule has 5 heterocycles. The van der Waals surface area contributed by atoms with Gasteiger partial charge in [0.05, 0.1) is 17.9 Å². The minimum Gasteiger partial charge on any atom is -0.366 e. The van der Waals surface area contributed by atoms with Crippen molar-refractivity contribution in [3.05, 3.63) is 66.6 Å². The maximum absolute atomic E-state index is 13.3. The molecule has 2 bridgehead atoms. The van der Waals surface area contributed by atoms with E-state index >= 15 is 0 Å². The lowest BCUT2D eigenvalue weighted by molar-refractivity contribution is 0.180. The Balaban J connectivity index is 1.22. The van der Waals surface area contributed by atoms with Crippen molar-refractivity contribution in [2.75, 3.05) is 52.7 Å². The molecule has 0 aliphatic carbocycles. The number of hydrogen-bond donors (Lipinski definition) is 1. The first-order valence-electron chi connectivity index (χ1n) is 12.3. The first kappa shape index (κ1) is 21.8. The highest BCUT2D eigenvalue weighted by Gasteiger charge is 2.40. The van der Waals surface area contributed by atoms with Crippen molar-refractivity contribution in [2.45, 2.75) is 32.0 Å². The van der Waals surface area contributed by atoms with Crippen LogP contribution in [0.25, 0.3) is 0 Å². The van der Waals surface area contributed by atoms with Crippen molar-refractivity contribution >= 4 is 29.2 Å². The minimum absolute atomic E-state index is 0.101. The van der Waals surface area contributed by atoms with E-state index in [2.05, 4.69) is 79.4 Å². The molecule has 1 aromatic carbocycles. The van der Waals surface area contributed by atoms with Crippen molar-refractivity contribution < 1.29 is 4.79 Å². The molecule has 3 aromatic rings. The van der Waals surface area contributed by atoms with Crippen molar-refractivity contribution in [2.24, 2.45) is 0 Å². The van der Waals surface area contributed by atoms with E-state index in [4.69, 9.17) is 4.98 Å². The van der Waals surface area contributed by atoms with Crippen molar-refractivity contribution in [3.63, 3.8) is 0 Å². The maximum Gasteiger partial charge on any atom is 0.329 e. The lowest BCUT2D eigenvalue weighted by Gasteiger charge is -2.41. The summed E-state index contributed by atoms with van der Waals surface area (Å²) >= 11 is 0. The van der Waals surface area contributed by atoms with Gasteiger partial charge in [0.15, 0.2) is 11.6 Å². The zero-order chi connectivity index (χ0) is 23.8. The Bertz CT molecular complexity index is 1190. The average Bonchev–Trinajstić information content (AvgIpc) is 3.30. The molecule has 2 unspecified atom stereocenters. The predicted octanol–water partition coefficient (Wildman–Crippen LogP) is 3.21. The molecule has 3 aliphatic heterocycles. The monoisotopic (exact) mass is 470 g/mol. The lowest BCUT2D eigenvalue weighted by Crippen LogP contribution is -2.52. The zero-order valence-electron chi connectivity index (χ0n) is 19.9. The van der Waals surface area contributed by atoms with Crippen LogP contribution in [0.4, 0.5) is 27.9 Å². The van der Waals surface area contributed by atoms with Crippen molar-refractivity contribution in [1.29, 1.82) is 0 Å². The number of nitrogens with one attached hydrogen (secondary N) is 1. The van der Waals surface area contributed by atoms with E-state index < -0.39 is 0 Å². The lowest BCUT2D eigenvalue weighted by atomic mass is 10.1. The second-order valence-corrected chi connectivity index (χ2v) is 9.54. The summed E-state index contributed by atoms with van der Waals surface area (Å²) in [5.41, 5.74) is 2.36. The average molecular weight is 471 g/mol. The van der Waals surface area contributed by atoms with E-state index in [1.54, 1.807) is 18.6 Å². The molecule has 2 saturated heterocycles. The number of pyridine rings is 1. The Labute approximate surface area is 205 Å². The third-order valence-electron chi connectivity index (χ3n) is 7.27. The van der Waals surface area contributed by atoms with Crippen LogP contribution in [-0.2, 0) is 6.54 Å². The summed E-state index contributed by atoms with van der Waals surface area (Å²) in [5.74, 6) is 2.10. The van der Waals surface area contributed by atoms with Gasteiger partial charge in [-0.3, -0.25) is 20.1 Å². The standard InChI is InChI=1S/C26H30N8O/c1-19-16-33(14-13-31(19)17-20-5-3-2-4-6-20)24-8-7-22-25(30-24)34(21-9-12-32(22)18-21)26(35)29-23-15-27-10-11-28-23/h2-8,10-11,15,19,21H,9,12-14,16-18H2,1H3,(H,28,29,35). The number of piperazine rings is 1.